The molecule has 0 radical (unpaired) electrons. The number of nitrogens with zero attached hydrogens (tertiary/aromatic N) is 3. The Labute approximate surface area is 111 Å². The first-order valence-corrected chi connectivity index (χ1v) is 6.29. The molecule has 9 nitrogen and oxygen atoms in total. The number of H-pyrrole nitrogens is 1. The van der Waals surface area contributed by atoms with Gasteiger partial charge >= 0.3 is 0 Å². The number of imidazole rings is 1. The van der Waals surface area contributed by atoms with Crippen molar-refractivity contribution in [3.05, 3.63) is 10.4 Å². The molecule has 0 bridgehead atoms. The highest BCUT2D eigenvalue weighted by atomic mass is 32.2. The van der Waals surface area contributed by atoms with E-state index in [1.165, 1.54) is 4.57 Å². The number of nitrogen functional groups attached to an aromatic ring is 1. The summed E-state index contributed by atoms with van der Waals surface area (Å²) >= 11 is 1.07. The lowest BCUT2D eigenvalue weighted by Crippen LogP contribution is -2.14. The van der Waals surface area contributed by atoms with Crippen LogP contribution in [0.4, 0.5) is 5.95 Å². The zero-order valence-corrected chi connectivity index (χ0v) is 10.6. The molecule has 0 saturated heterocycles. The summed E-state index contributed by atoms with van der Waals surface area (Å²) in [6.45, 7) is 0.0253. The molecular formula is C9H12N6O3S. The topological polar surface area (TPSA) is 153 Å². The Morgan fingerprint density at radius 1 is 1.47 bits per heavy atom. The van der Waals surface area contributed by atoms with Crippen LogP contribution < -0.4 is 17.0 Å². The average Bonchev–Trinajstić information content (AvgIpc) is 2.66. The Kier molecular flexibility index (Phi) is 3.71. The van der Waals surface area contributed by atoms with Gasteiger partial charge < -0.3 is 21.1 Å². The van der Waals surface area contributed by atoms with Crippen LogP contribution in [0.5, 0.6) is 0 Å². The lowest BCUT2D eigenvalue weighted by Gasteiger charge is -2.05. The Balaban J connectivity index is 2.56. The third kappa shape index (κ3) is 2.69. The van der Waals surface area contributed by atoms with Gasteiger partial charge in [-0.1, -0.05) is 11.8 Å². The molecule has 10 heteroatoms. The van der Waals surface area contributed by atoms with Crippen LogP contribution >= 0.6 is 11.8 Å². The van der Waals surface area contributed by atoms with Crippen molar-refractivity contribution in [3.63, 3.8) is 0 Å². The molecule has 0 spiro atoms. The first kappa shape index (κ1) is 13.4. The van der Waals surface area contributed by atoms with E-state index in [0.717, 1.165) is 11.8 Å². The monoisotopic (exact) mass is 284 g/mol. The molecule has 0 fully saturated rings. The number of hydrogen-bond acceptors (Lipinski definition) is 7. The molecule has 6 N–H and O–H groups in total. The maximum atomic E-state index is 11.7. The number of fused-ring (bicyclic) bond motifs is 1. The van der Waals surface area contributed by atoms with Crippen LogP contribution in [0, 0.1) is 0 Å². The molecule has 2 aromatic heterocycles. The fourth-order valence-corrected chi connectivity index (χ4v) is 2.32. The number of amides is 1. The van der Waals surface area contributed by atoms with Crippen molar-refractivity contribution >= 4 is 34.8 Å². The molecule has 1 amide bonds. The van der Waals surface area contributed by atoms with Crippen LogP contribution in [0.2, 0.25) is 0 Å². The van der Waals surface area contributed by atoms with Gasteiger partial charge in [-0.3, -0.25) is 14.6 Å². The SMILES string of the molecule is NC(=O)CSc1nc2c(=O)[nH]c(N)nc2n1CCO. The van der Waals surface area contributed by atoms with Gasteiger partial charge in [0.05, 0.1) is 12.4 Å². The minimum Gasteiger partial charge on any atom is -0.395 e. The highest BCUT2D eigenvalue weighted by molar-refractivity contribution is 7.99. The summed E-state index contributed by atoms with van der Waals surface area (Å²) in [5.74, 6) is -0.528. The molecule has 2 rings (SSSR count). The van der Waals surface area contributed by atoms with Gasteiger partial charge in [0.25, 0.3) is 5.56 Å². The van der Waals surface area contributed by atoms with Crippen molar-refractivity contribution in [1.82, 2.24) is 19.5 Å². The van der Waals surface area contributed by atoms with Crippen molar-refractivity contribution in [2.75, 3.05) is 18.1 Å². The first-order valence-electron chi connectivity index (χ1n) is 5.31. The number of anilines is 1. The number of thioether (sulfide) groups is 1. The number of hydrogen-bond donors (Lipinski definition) is 4. The van der Waals surface area contributed by atoms with E-state index < -0.39 is 11.5 Å². The maximum Gasteiger partial charge on any atom is 0.280 e. The predicted molar refractivity (Wildman–Crippen MR) is 69.6 cm³/mol. The Hall–Kier alpha value is -2.07. The van der Waals surface area contributed by atoms with Gasteiger partial charge in [-0.05, 0) is 0 Å². The quantitative estimate of drug-likeness (QED) is 0.476. The number of rotatable bonds is 5. The van der Waals surface area contributed by atoms with Gasteiger partial charge in [0.1, 0.15) is 0 Å². The number of aliphatic hydroxyl groups excluding tert-OH is 1. The van der Waals surface area contributed by atoms with Gasteiger partial charge in [0, 0.05) is 6.54 Å². The zero-order chi connectivity index (χ0) is 14.0. The molecule has 0 unspecified atom stereocenters. The predicted octanol–water partition coefficient (Wildman–Crippen LogP) is -1.73. The summed E-state index contributed by atoms with van der Waals surface area (Å²) in [6, 6.07) is 0. The highest BCUT2D eigenvalue weighted by Gasteiger charge is 2.16. The molecule has 0 aromatic carbocycles. The number of carbonyl (C=O) groups is 1. The maximum absolute atomic E-state index is 11.7. The Bertz CT molecular complexity index is 678. The van der Waals surface area contributed by atoms with Gasteiger partial charge in [-0.2, -0.15) is 4.98 Å². The summed E-state index contributed by atoms with van der Waals surface area (Å²) in [6.07, 6.45) is 0. The fourth-order valence-electron chi connectivity index (χ4n) is 1.56. The molecule has 0 aliphatic rings. The normalized spacial score (nSPS) is 11.0. The smallest absolute Gasteiger partial charge is 0.280 e. The molecule has 102 valence electrons. The summed E-state index contributed by atoms with van der Waals surface area (Å²) in [4.78, 5) is 32.9. The summed E-state index contributed by atoms with van der Waals surface area (Å²) < 4.78 is 1.52. The zero-order valence-electron chi connectivity index (χ0n) is 9.79. The minimum absolute atomic E-state index is 0.0160. The van der Waals surface area contributed by atoms with Gasteiger partial charge in [-0.15, -0.1) is 0 Å². The van der Waals surface area contributed by atoms with E-state index in [0.29, 0.717) is 5.16 Å². The molecule has 19 heavy (non-hydrogen) atoms. The number of primary amides is 1. The van der Waals surface area contributed by atoms with Crippen LogP contribution in [0.3, 0.4) is 0 Å². The molecule has 0 saturated carbocycles. The molecule has 0 aliphatic heterocycles. The van der Waals surface area contributed by atoms with E-state index >= 15 is 0 Å². The average molecular weight is 284 g/mol. The van der Waals surface area contributed by atoms with E-state index in [1.54, 1.807) is 0 Å². The van der Waals surface area contributed by atoms with E-state index in [1.807, 2.05) is 0 Å². The summed E-state index contributed by atoms with van der Waals surface area (Å²) in [7, 11) is 0. The van der Waals surface area contributed by atoms with Gasteiger partial charge in [0.15, 0.2) is 16.3 Å². The second kappa shape index (κ2) is 5.28. The number of nitrogens with one attached hydrogen (secondary N) is 1. The van der Waals surface area contributed by atoms with Crippen molar-refractivity contribution in [2.24, 2.45) is 5.73 Å². The molecule has 0 atom stereocenters. The van der Waals surface area contributed by atoms with Gasteiger partial charge in [-0.25, -0.2) is 4.98 Å². The summed E-state index contributed by atoms with van der Waals surface area (Å²) in [5, 5.41) is 9.42. The third-order valence-corrected chi connectivity index (χ3v) is 3.25. The minimum atomic E-state index is -0.506. The van der Waals surface area contributed by atoms with Crippen LogP contribution in [0.15, 0.2) is 9.95 Å². The Morgan fingerprint density at radius 3 is 2.84 bits per heavy atom. The van der Waals surface area contributed by atoms with Crippen LogP contribution in [-0.4, -0.2) is 42.9 Å². The first-order chi connectivity index (χ1) is 9.02. The van der Waals surface area contributed by atoms with Crippen LogP contribution in [0.1, 0.15) is 0 Å². The number of aromatic nitrogens is 4. The highest BCUT2D eigenvalue weighted by Crippen LogP contribution is 2.21. The van der Waals surface area contributed by atoms with E-state index in [9.17, 15) is 9.59 Å². The molecule has 2 heterocycles. The largest absolute Gasteiger partial charge is 0.395 e. The second-order valence-corrected chi connectivity index (χ2v) is 4.59. The van der Waals surface area contributed by atoms with Gasteiger partial charge in [0.2, 0.25) is 11.9 Å². The van der Waals surface area contributed by atoms with Crippen molar-refractivity contribution in [1.29, 1.82) is 0 Å². The molecule has 2 aromatic rings. The fraction of sp³-hybridized carbons (Fsp3) is 0.333. The number of carbonyl (C=O) groups excluding carboxylic acids is 1. The van der Waals surface area contributed by atoms with E-state index in [-0.39, 0.29) is 36.0 Å². The standard InChI is InChI=1S/C9H12N6O3S/c10-4(17)3-19-9-12-5-6(15(9)1-2-16)13-8(11)14-7(5)18/h16H,1-3H2,(H2,10,17)(H3,11,13,14,18). The number of nitrogens with two attached hydrogens (primary N) is 2. The van der Waals surface area contributed by atoms with E-state index in [4.69, 9.17) is 16.6 Å². The number of aromatic amines is 1. The lowest BCUT2D eigenvalue weighted by atomic mass is 10.5. The van der Waals surface area contributed by atoms with E-state index in [2.05, 4.69) is 15.0 Å². The van der Waals surface area contributed by atoms with Crippen molar-refractivity contribution in [3.8, 4) is 0 Å². The number of aliphatic hydroxyl groups is 1. The molecule has 0 aliphatic carbocycles. The van der Waals surface area contributed by atoms with Crippen LogP contribution in [0.25, 0.3) is 11.2 Å². The Morgan fingerprint density at radius 2 is 2.21 bits per heavy atom. The lowest BCUT2D eigenvalue weighted by molar-refractivity contribution is -0.115. The molecular weight excluding hydrogens is 272 g/mol. The van der Waals surface area contributed by atoms with Crippen LogP contribution in [-0.2, 0) is 11.3 Å². The van der Waals surface area contributed by atoms with Crippen molar-refractivity contribution in [2.45, 2.75) is 11.7 Å². The van der Waals surface area contributed by atoms with Crippen molar-refractivity contribution < 1.29 is 9.90 Å². The second-order valence-electron chi connectivity index (χ2n) is 3.65. The third-order valence-electron chi connectivity index (χ3n) is 2.26. The summed E-state index contributed by atoms with van der Waals surface area (Å²) in [5.41, 5.74) is 10.4.